The number of carboxylic acids is 1. The Kier molecular flexibility index (Phi) is 6.18. The number of carboxylic acid groups (broad SMARTS) is 1. The van der Waals surface area contributed by atoms with Crippen molar-refractivity contribution in [3.05, 3.63) is 87.0 Å². The average Bonchev–Trinajstić information content (AvgIpc) is 3.12. The molecule has 0 fully saturated rings. The summed E-state index contributed by atoms with van der Waals surface area (Å²) in [6.45, 7) is 0. The van der Waals surface area contributed by atoms with Crippen molar-refractivity contribution in [2.24, 2.45) is 10.2 Å². The number of aromatic carboxylic acids is 1. The van der Waals surface area contributed by atoms with Crippen LogP contribution in [0.15, 0.2) is 77.0 Å². The molecule has 4 aromatic rings. The zero-order valence-electron chi connectivity index (χ0n) is 16.7. The summed E-state index contributed by atoms with van der Waals surface area (Å²) in [6.07, 6.45) is 0. The van der Waals surface area contributed by atoms with E-state index in [2.05, 4.69) is 43.1 Å². The van der Waals surface area contributed by atoms with Crippen LogP contribution in [0.1, 0.15) is 31.1 Å². The molecule has 0 saturated carbocycles. The van der Waals surface area contributed by atoms with E-state index in [1.165, 1.54) is 48.5 Å². The topological polar surface area (TPSA) is 144 Å². The van der Waals surface area contributed by atoms with Gasteiger partial charge in [-0.05, 0) is 89.3 Å². The van der Waals surface area contributed by atoms with Crippen molar-refractivity contribution in [1.29, 1.82) is 0 Å². The molecule has 4 rings (SSSR count). The van der Waals surface area contributed by atoms with E-state index in [9.17, 15) is 19.5 Å². The molecule has 2 amide bonds. The highest BCUT2D eigenvalue weighted by atomic mass is 127. The van der Waals surface area contributed by atoms with Crippen molar-refractivity contribution < 1.29 is 24.6 Å². The van der Waals surface area contributed by atoms with Crippen molar-refractivity contribution in [3.8, 4) is 5.88 Å². The number of aromatic hydroxyl groups is 1. The summed E-state index contributed by atoms with van der Waals surface area (Å²) in [5, 5.41) is 29.9. The standard InChI is InChI=1S/C23H15IN4O5/c24-15-7-10-18-17(11-15)19(22(31)26-18)27-28-21(30)13-3-1-12(2-4-13)20(29)25-16-8-5-14(6-9-16)23(32)33/h1-11,26,31H,(H,25,29)(H,32,33). The minimum absolute atomic E-state index is 0.112. The summed E-state index contributed by atoms with van der Waals surface area (Å²) in [4.78, 5) is 38.5. The number of carbonyl (C=O) groups excluding carboxylic acids is 2. The summed E-state index contributed by atoms with van der Waals surface area (Å²) >= 11 is 2.13. The molecule has 1 aromatic heterocycles. The Hall–Kier alpha value is -4.06. The van der Waals surface area contributed by atoms with Crippen molar-refractivity contribution in [2.45, 2.75) is 0 Å². The SMILES string of the molecule is O=C(O)c1ccc(NC(=O)c2ccc(C(=O)N=Nc3c(O)[nH]c4ccc(I)cc34)cc2)cc1. The Bertz CT molecular complexity index is 1410. The fraction of sp³-hybridized carbons (Fsp3) is 0. The molecule has 0 radical (unpaired) electrons. The van der Waals surface area contributed by atoms with Gasteiger partial charge in [-0.15, -0.1) is 10.2 Å². The summed E-state index contributed by atoms with van der Waals surface area (Å²) < 4.78 is 0.938. The number of azo groups is 1. The van der Waals surface area contributed by atoms with Crippen LogP contribution in [0.5, 0.6) is 5.88 Å². The van der Waals surface area contributed by atoms with Gasteiger partial charge < -0.3 is 20.5 Å². The molecule has 33 heavy (non-hydrogen) atoms. The zero-order valence-corrected chi connectivity index (χ0v) is 18.9. The lowest BCUT2D eigenvalue weighted by Gasteiger charge is -2.06. The van der Waals surface area contributed by atoms with Crippen LogP contribution in [-0.4, -0.2) is 33.0 Å². The van der Waals surface area contributed by atoms with Crippen LogP contribution < -0.4 is 5.32 Å². The highest BCUT2D eigenvalue weighted by Crippen LogP contribution is 2.36. The Morgan fingerprint density at radius 2 is 1.52 bits per heavy atom. The van der Waals surface area contributed by atoms with E-state index < -0.39 is 17.8 Å². The zero-order chi connectivity index (χ0) is 23.5. The number of amides is 2. The van der Waals surface area contributed by atoms with E-state index in [1.807, 2.05) is 12.1 Å². The molecule has 3 aromatic carbocycles. The maximum atomic E-state index is 12.4. The molecular weight excluding hydrogens is 539 g/mol. The number of rotatable bonds is 5. The molecule has 164 valence electrons. The number of anilines is 1. The van der Waals surface area contributed by atoms with E-state index >= 15 is 0 Å². The number of aromatic nitrogens is 1. The van der Waals surface area contributed by atoms with Crippen LogP contribution in [0.4, 0.5) is 11.4 Å². The molecule has 0 spiro atoms. The van der Waals surface area contributed by atoms with Gasteiger partial charge in [0.15, 0.2) is 5.69 Å². The summed E-state index contributed by atoms with van der Waals surface area (Å²) in [6, 6.07) is 17.0. The molecule has 10 heteroatoms. The fourth-order valence-corrected chi connectivity index (χ4v) is 3.54. The number of nitrogens with zero attached hydrogens (tertiary/aromatic N) is 2. The normalized spacial score (nSPS) is 11.1. The monoisotopic (exact) mass is 554 g/mol. The number of hydrogen-bond acceptors (Lipinski definition) is 5. The van der Waals surface area contributed by atoms with Crippen LogP contribution >= 0.6 is 22.6 Å². The number of nitrogens with one attached hydrogen (secondary N) is 2. The number of halogens is 1. The minimum atomic E-state index is -1.06. The van der Waals surface area contributed by atoms with E-state index in [0.29, 0.717) is 22.2 Å². The third-order valence-corrected chi connectivity index (χ3v) is 5.41. The first kappa shape index (κ1) is 22.1. The van der Waals surface area contributed by atoms with Crippen molar-refractivity contribution >= 4 is 62.7 Å². The predicted molar refractivity (Wildman–Crippen MR) is 129 cm³/mol. The molecule has 0 saturated heterocycles. The number of carbonyl (C=O) groups is 3. The largest absolute Gasteiger partial charge is 0.493 e. The predicted octanol–water partition coefficient (Wildman–Crippen LogP) is 5.35. The first-order valence-corrected chi connectivity index (χ1v) is 10.6. The Morgan fingerprint density at radius 3 is 2.18 bits per heavy atom. The second kappa shape index (κ2) is 9.20. The summed E-state index contributed by atoms with van der Waals surface area (Å²) in [7, 11) is 0. The lowest BCUT2D eigenvalue weighted by molar-refractivity contribution is 0.0696. The molecule has 9 nitrogen and oxygen atoms in total. The van der Waals surface area contributed by atoms with Gasteiger partial charge in [-0.25, -0.2) is 4.79 Å². The second-order valence-corrected chi connectivity index (χ2v) is 8.18. The number of aromatic amines is 1. The molecule has 0 atom stereocenters. The van der Waals surface area contributed by atoms with Crippen molar-refractivity contribution in [3.63, 3.8) is 0 Å². The average molecular weight is 554 g/mol. The quantitative estimate of drug-likeness (QED) is 0.194. The van der Waals surface area contributed by atoms with Gasteiger partial charge in [-0.2, -0.15) is 0 Å². The van der Waals surface area contributed by atoms with Gasteiger partial charge in [0.05, 0.1) is 11.1 Å². The van der Waals surface area contributed by atoms with Crippen LogP contribution in [0, 0.1) is 3.57 Å². The van der Waals surface area contributed by atoms with E-state index in [1.54, 1.807) is 6.07 Å². The van der Waals surface area contributed by atoms with Crippen LogP contribution in [-0.2, 0) is 0 Å². The second-order valence-electron chi connectivity index (χ2n) is 6.93. The highest BCUT2D eigenvalue weighted by molar-refractivity contribution is 14.1. The summed E-state index contributed by atoms with van der Waals surface area (Å²) in [5.41, 5.74) is 1.90. The smallest absolute Gasteiger partial charge is 0.335 e. The number of H-pyrrole nitrogens is 1. The number of fused-ring (bicyclic) bond motifs is 1. The lowest BCUT2D eigenvalue weighted by atomic mass is 10.1. The molecule has 1 heterocycles. The number of hydrogen-bond donors (Lipinski definition) is 4. The first-order valence-electron chi connectivity index (χ1n) is 9.53. The van der Waals surface area contributed by atoms with E-state index in [4.69, 9.17) is 5.11 Å². The number of benzene rings is 3. The van der Waals surface area contributed by atoms with Crippen LogP contribution in [0.3, 0.4) is 0 Å². The van der Waals surface area contributed by atoms with Crippen LogP contribution in [0.2, 0.25) is 0 Å². The maximum Gasteiger partial charge on any atom is 0.335 e. The van der Waals surface area contributed by atoms with E-state index in [-0.39, 0.29) is 22.7 Å². The molecule has 0 aliphatic heterocycles. The third kappa shape index (κ3) is 4.90. The van der Waals surface area contributed by atoms with Gasteiger partial charge in [0.1, 0.15) is 0 Å². The Labute approximate surface area is 200 Å². The maximum absolute atomic E-state index is 12.4. The Morgan fingerprint density at radius 1 is 0.879 bits per heavy atom. The molecule has 4 N–H and O–H groups in total. The van der Waals surface area contributed by atoms with Crippen molar-refractivity contribution in [2.75, 3.05) is 5.32 Å². The van der Waals surface area contributed by atoms with E-state index in [0.717, 1.165) is 3.57 Å². The van der Waals surface area contributed by atoms with Gasteiger partial charge in [0.2, 0.25) is 5.88 Å². The van der Waals surface area contributed by atoms with Gasteiger partial charge in [0, 0.05) is 25.8 Å². The van der Waals surface area contributed by atoms with Crippen molar-refractivity contribution in [1.82, 2.24) is 4.98 Å². The molecule has 0 aliphatic carbocycles. The third-order valence-electron chi connectivity index (χ3n) is 4.74. The highest BCUT2D eigenvalue weighted by Gasteiger charge is 2.13. The van der Waals surface area contributed by atoms with Gasteiger partial charge in [0.25, 0.3) is 11.8 Å². The molecule has 0 aliphatic rings. The summed E-state index contributed by atoms with van der Waals surface area (Å²) in [5.74, 6) is -2.30. The minimum Gasteiger partial charge on any atom is -0.493 e. The Balaban J connectivity index is 1.46. The lowest BCUT2D eigenvalue weighted by Crippen LogP contribution is -2.12. The molecular formula is C23H15IN4O5. The molecule has 0 bridgehead atoms. The van der Waals surface area contributed by atoms with Crippen LogP contribution in [0.25, 0.3) is 10.9 Å². The van der Waals surface area contributed by atoms with Gasteiger partial charge >= 0.3 is 5.97 Å². The van der Waals surface area contributed by atoms with Gasteiger partial charge in [-0.3, -0.25) is 9.59 Å². The first-order chi connectivity index (χ1) is 15.8. The molecule has 0 unspecified atom stereocenters. The van der Waals surface area contributed by atoms with Gasteiger partial charge in [-0.1, -0.05) is 0 Å². The fourth-order valence-electron chi connectivity index (χ4n) is 3.05.